The van der Waals surface area contributed by atoms with E-state index in [0.29, 0.717) is 6.42 Å². The average Bonchev–Trinajstić information content (AvgIpc) is 3.20. The van der Waals surface area contributed by atoms with Crippen molar-refractivity contribution in [3.05, 3.63) is 64.1 Å². The zero-order valence-corrected chi connectivity index (χ0v) is 12.3. The van der Waals surface area contributed by atoms with E-state index >= 15 is 0 Å². The lowest BCUT2D eigenvalue weighted by molar-refractivity contribution is -0.114. The van der Waals surface area contributed by atoms with Crippen molar-refractivity contribution < 1.29 is 9.59 Å². The molecule has 0 radical (unpaired) electrons. The third-order valence-electron chi connectivity index (χ3n) is 3.21. The monoisotopic (exact) mass is 312 g/mol. The first-order valence-corrected chi connectivity index (χ1v) is 7.54. The number of thiophene rings is 1. The topological polar surface area (TPSA) is 88.6 Å². The molecule has 0 saturated carbocycles. The number of hydrogen-bond acceptors (Lipinski definition) is 6. The van der Waals surface area contributed by atoms with Crippen LogP contribution in [0.3, 0.4) is 0 Å². The van der Waals surface area contributed by atoms with Crippen LogP contribution in [0.2, 0.25) is 0 Å². The van der Waals surface area contributed by atoms with Crippen molar-refractivity contribution in [1.29, 1.82) is 0 Å². The van der Waals surface area contributed by atoms with Crippen molar-refractivity contribution >= 4 is 22.9 Å². The molecule has 3 aromatic heterocycles. The molecule has 22 heavy (non-hydrogen) atoms. The molecule has 110 valence electrons. The van der Waals surface area contributed by atoms with Crippen LogP contribution in [0.15, 0.2) is 41.6 Å². The summed E-state index contributed by atoms with van der Waals surface area (Å²) in [5.74, 6) is -1.15. The Morgan fingerprint density at radius 1 is 1.14 bits per heavy atom. The van der Waals surface area contributed by atoms with Crippen LogP contribution in [0.4, 0.5) is 0 Å². The number of ketones is 2. The van der Waals surface area contributed by atoms with Gasteiger partial charge in [0.2, 0.25) is 5.78 Å². The second kappa shape index (κ2) is 6.40. The van der Waals surface area contributed by atoms with E-state index in [2.05, 4.69) is 20.2 Å². The zero-order chi connectivity index (χ0) is 15.4. The molecule has 3 aromatic rings. The standard InChI is InChI=1S/C15H12N4O2S/c20-13(14(21)15-17-9-18-19-15)6-12-8-22-7-11(12)5-10-1-3-16-4-2-10/h1-4,7-9H,5-6H2,(H,17,18,19). The molecule has 0 aliphatic rings. The number of nitrogens with zero attached hydrogens (tertiary/aromatic N) is 3. The smallest absolute Gasteiger partial charge is 0.265 e. The highest BCUT2D eigenvalue weighted by molar-refractivity contribution is 7.08. The summed E-state index contributed by atoms with van der Waals surface area (Å²) in [6.07, 6.45) is 5.47. The predicted molar refractivity (Wildman–Crippen MR) is 80.8 cm³/mol. The first-order chi connectivity index (χ1) is 10.7. The molecule has 3 rings (SSSR count). The number of rotatable bonds is 6. The third kappa shape index (κ3) is 3.15. The number of aromatic amines is 1. The lowest BCUT2D eigenvalue weighted by atomic mass is 10.0. The maximum absolute atomic E-state index is 12.1. The van der Waals surface area contributed by atoms with E-state index < -0.39 is 11.6 Å². The van der Waals surface area contributed by atoms with Gasteiger partial charge in [0, 0.05) is 18.8 Å². The molecule has 0 aliphatic heterocycles. The fourth-order valence-corrected chi connectivity index (χ4v) is 2.95. The molecule has 0 aliphatic carbocycles. The highest BCUT2D eigenvalue weighted by Crippen LogP contribution is 2.20. The maximum atomic E-state index is 12.1. The molecule has 3 heterocycles. The second-order valence-electron chi connectivity index (χ2n) is 4.72. The van der Waals surface area contributed by atoms with Crippen molar-refractivity contribution in [2.24, 2.45) is 0 Å². The van der Waals surface area contributed by atoms with Gasteiger partial charge in [0.15, 0.2) is 5.82 Å². The summed E-state index contributed by atoms with van der Waals surface area (Å²) in [5, 5.41) is 9.91. The molecular weight excluding hydrogens is 300 g/mol. The molecule has 0 aromatic carbocycles. The molecule has 7 heteroatoms. The molecule has 0 amide bonds. The number of aromatic nitrogens is 4. The maximum Gasteiger partial charge on any atom is 0.265 e. The van der Waals surface area contributed by atoms with Crippen LogP contribution in [-0.2, 0) is 17.6 Å². The Morgan fingerprint density at radius 2 is 1.91 bits per heavy atom. The highest BCUT2D eigenvalue weighted by Gasteiger charge is 2.20. The van der Waals surface area contributed by atoms with E-state index in [1.54, 1.807) is 12.4 Å². The Hall–Kier alpha value is -2.67. The summed E-state index contributed by atoms with van der Waals surface area (Å²) in [6.45, 7) is 0. The van der Waals surface area contributed by atoms with Crippen molar-refractivity contribution in [2.45, 2.75) is 12.8 Å². The molecular formula is C15H12N4O2S. The molecule has 6 nitrogen and oxygen atoms in total. The fourth-order valence-electron chi connectivity index (χ4n) is 2.08. The Morgan fingerprint density at radius 3 is 2.64 bits per heavy atom. The van der Waals surface area contributed by atoms with Crippen LogP contribution < -0.4 is 0 Å². The molecule has 0 fully saturated rings. The number of carbonyl (C=O) groups excluding carboxylic acids is 2. The second-order valence-corrected chi connectivity index (χ2v) is 5.46. The van der Waals surface area contributed by atoms with Crippen LogP contribution in [0.1, 0.15) is 27.3 Å². The summed E-state index contributed by atoms with van der Waals surface area (Å²) in [5.41, 5.74) is 3.04. The van der Waals surface area contributed by atoms with Gasteiger partial charge in [-0.25, -0.2) is 4.98 Å². The van der Waals surface area contributed by atoms with E-state index in [0.717, 1.165) is 16.7 Å². The van der Waals surface area contributed by atoms with Gasteiger partial charge >= 0.3 is 0 Å². The number of nitrogens with one attached hydrogen (secondary N) is 1. The van der Waals surface area contributed by atoms with Gasteiger partial charge in [-0.15, -0.1) is 0 Å². The Bertz CT molecular complexity index is 781. The van der Waals surface area contributed by atoms with Gasteiger partial charge in [0.1, 0.15) is 6.33 Å². The van der Waals surface area contributed by atoms with Crippen LogP contribution in [0.5, 0.6) is 0 Å². The normalized spacial score (nSPS) is 10.5. The van der Waals surface area contributed by atoms with Gasteiger partial charge in [-0.3, -0.25) is 19.7 Å². The van der Waals surface area contributed by atoms with Gasteiger partial charge < -0.3 is 0 Å². The summed E-state index contributed by atoms with van der Waals surface area (Å²) < 4.78 is 0. The van der Waals surface area contributed by atoms with E-state index in [1.165, 1.54) is 17.7 Å². The molecule has 0 bridgehead atoms. The number of carbonyl (C=O) groups is 2. The molecule has 0 atom stereocenters. The molecule has 0 spiro atoms. The largest absolute Gasteiger partial charge is 0.290 e. The average molecular weight is 312 g/mol. The quantitative estimate of drug-likeness (QED) is 0.554. The summed E-state index contributed by atoms with van der Waals surface area (Å²) in [6, 6.07) is 3.87. The summed E-state index contributed by atoms with van der Waals surface area (Å²) >= 11 is 1.52. The van der Waals surface area contributed by atoms with E-state index in [1.807, 2.05) is 22.9 Å². The molecule has 0 saturated heterocycles. The van der Waals surface area contributed by atoms with Crippen LogP contribution in [0.25, 0.3) is 0 Å². The van der Waals surface area contributed by atoms with Gasteiger partial charge in [-0.2, -0.15) is 16.4 Å². The van der Waals surface area contributed by atoms with Crippen LogP contribution in [0, 0.1) is 0 Å². The van der Waals surface area contributed by atoms with E-state index in [-0.39, 0.29) is 12.2 Å². The van der Waals surface area contributed by atoms with Gasteiger partial charge in [-0.1, -0.05) is 0 Å². The summed E-state index contributed by atoms with van der Waals surface area (Å²) in [7, 11) is 0. The Balaban J connectivity index is 1.72. The first-order valence-electron chi connectivity index (χ1n) is 6.60. The van der Waals surface area contributed by atoms with Gasteiger partial charge in [-0.05, 0) is 46.0 Å². The van der Waals surface area contributed by atoms with Gasteiger partial charge in [0.05, 0.1) is 0 Å². The summed E-state index contributed by atoms with van der Waals surface area (Å²) in [4.78, 5) is 31.7. The minimum absolute atomic E-state index is 0.0177. The molecule has 1 N–H and O–H groups in total. The van der Waals surface area contributed by atoms with E-state index in [4.69, 9.17) is 0 Å². The highest BCUT2D eigenvalue weighted by atomic mass is 32.1. The van der Waals surface area contributed by atoms with Crippen molar-refractivity contribution in [3.63, 3.8) is 0 Å². The number of Topliss-reactive ketones (excluding diaryl/α,β-unsaturated/α-hetero) is 2. The van der Waals surface area contributed by atoms with Crippen molar-refractivity contribution in [3.8, 4) is 0 Å². The number of pyridine rings is 1. The fraction of sp³-hybridized carbons (Fsp3) is 0.133. The number of hydrogen-bond donors (Lipinski definition) is 1. The van der Waals surface area contributed by atoms with Crippen LogP contribution in [-0.4, -0.2) is 31.7 Å². The Labute approximate surface area is 130 Å². The number of H-pyrrole nitrogens is 1. The first kappa shape index (κ1) is 14.3. The minimum Gasteiger partial charge on any atom is -0.290 e. The molecule has 0 unspecified atom stereocenters. The Kier molecular flexibility index (Phi) is 4.15. The van der Waals surface area contributed by atoms with E-state index in [9.17, 15) is 9.59 Å². The zero-order valence-electron chi connectivity index (χ0n) is 11.5. The minimum atomic E-state index is -0.640. The predicted octanol–water partition coefficient (Wildman–Crippen LogP) is 1.85. The van der Waals surface area contributed by atoms with Crippen molar-refractivity contribution in [1.82, 2.24) is 20.2 Å². The van der Waals surface area contributed by atoms with Gasteiger partial charge in [0.25, 0.3) is 5.78 Å². The van der Waals surface area contributed by atoms with Crippen LogP contribution >= 0.6 is 11.3 Å². The third-order valence-corrected chi connectivity index (χ3v) is 4.05. The SMILES string of the molecule is O=C(Cc1cscc1Cc1ccncc1)C(=O)c1ncn[nH]1. The van der Waals surface area contributed by atoms with Crippen molar-refractivity contribution in [2.75, 3.05) is 0 Å². The lowest BCUT2D eigenvalue weighted by Crippen LogP contribution is -2.18. The lowest BCUT2D eigenvalue weighted by Gasteiger charge is -2.03.